The first-order chi connectivity index (χ1) is 11.1. The average molecular weight is 338 g/mol. The SMILES string of the molecule is O=S(=O)(NC[C@H]1CCN(C2CC2)C1)c1ccc2c(c1)OCCO2. The summed E-state index contributed by atoms with van der Waals surface area (Å²) in [6.45, 7) is 3.55. The van der Waals surface area contributed by atoms with E-state index in [-0.39, 0.29) is 4.90 Å². The molecule has 1 aliphatic carbocycles. The third-order valence-corrected chi connectivity index (χ3v) is 6.19. The van der Waals surface area contributed by atoms with Crippen LogP contribution in [0.25, 0.3) is 0 Å². The van der Waals surface area contributed by atoms with Crippen LogP contribution in [0.15, 0.2) is 23.1 Å². The summed E-state index contributed by atoms with van der Waals surface area (Å²) in [4.78, 5) is 2.72. The van der Waals surface area contributed by atoms with E-state index in [1.54, 1.807) is 18.2 Å². The lowest BCUT2D eigenvalue weighted by atomic mass is 10.1. The van der Waals surface area contributed by atoms with Gasteiger partial charge in [-0.15, -0.1) is 0 Å². The second-order valence-corrected chi connectivity index (χ2v) is 8.31. The van der Waals surface area contributed by atoms with Crippen LogP contribution in [0.2, 0.25) is 0 Å². The number of ether oxygens (including phenoxy) is 2. The summed E-state index contributed by atoms with van der Waals surface area (Å²) < 4.78 is 38.6. The Balaban J connectivity index is 1.39. The van der Waals surface area contributed by atoms with Gasteiger partial charge in [-0.05, 0) is 43.9 Å². The summed E-state index contributed by atoms with van der Waals surface area (Å²) in [5, 5.41) is 0. The lowest BCUT2D eigenvalue weighted by Crippen LogP contribution is -2.31. The second kappa shape index (κ2) is 5.96. The van der Waals surface area contributed by atoms with Crippen molar-refractivity contribution in [3.63, 3.8) is 0 Å². The summed E-state index contributed by atoms with van der Waals surface area (Å²) in [6.07, 6.45) is 3.67. The number of nitrogens with one attached hydrogen (secondary N) is 1. The van der Waals surface area contributed by atoms with Crippen molar-refractivity contribution in [1.82, 2.24) is 9.62 Å². The Morgan fingerprint density at radius 1 is 1.13 bits per heavy atom. The van der Waals surface area contributed by atoms with Crippen LogP contribution in [-0.4, -0.2) is 52.2 Å². The van der Waals surface area contributed by atoms with Crippen molar-refractivity contribution in [3.8, 4) is 11.5 Å². The Kier molecular flexibility index (Phi) is 3.95. The molecule has 1 saturated heterocycles. The third-order valence-electron chi connectivity index (χ3n) is 4.77. The maximum Gasteiger partial charge on any atom is 0.240 e. The van der Waals surface area contributed by atoms with Gasteiger partial charge in [0.25, 0.3) is 0 Å². The minimum atomic E-state index is -3.51. The highest BCUT2D eigenvalue weighted by atomic mass is 32.2. The first-order valence-corrected chi connectivity index (χ1v) is 9.73. The molecule has 1 aromatic carbocycles. The maximum absolute atomic E-state index is 12.5. The monoisotopic (exact) mass is 338 g/mol. The molecule has 126 valence electrons. The quantitative estimate of drug-likeness (QED) is 0.874. The molecule has 0 unspecified atom stereocenters. The molecule has 0 aromatic heterocycles. The summed E-state index contributed by atoms with van der Waals surface area (Å²) in [7, 11) is -3.51. The Hall–Kier alpha value is -1.31. The molecule has 4 rings (SSSR count). The van der Waals surface area contributed by atoms with E-state index in [0.717, 1.165) is 25.6 Å². The second-order valence-electron chi connectivity index (χ2n) is 6.54. The predicted octanol–water partition coefficient (Wildman–Crippen LogP) is 1.22. The van der Waals surface area contributed by atoms with Gasteiger partial charge in [0.1, 0.15) is 13.2 Å². The molecule has 2 aliphatic heterocycles. The number of sulfonamides is 1. The van der Waals surface area contributed by atoms with E-state index < -0.39 is 10.0 Å². The van der Waals surface area contributed by atoms with Gasteiger partial charge in [-0.3, -0.25) is 0 Å². The van der Waals surface area contributed by atoms with E-state index in [1.807, 2.05) is 0 Å². The van der Waals surface area contributed by atoms with Crippen molar-refractivity contribution in [2.24, 2.45) is 5.92 Å². The van der Waals surface area contributed by atoms with Crippen LogP contribution in [0.1, 0.15) is 19.3 Å². The van der Waals surface area contributed by atoms with E-state index in [1.165, 1.54) is 12.8 Å². The fourth-order valence-electron chi connectivity index (χ4n) is 3.30. The Morgan fingerprint density at radius 2 is 1.91 bits per heavy atom. The fourth-order valence-corrected chi connectivity index (χ4v) is 4.43. The zero-order valence-electron chi connectivity index (χ0n) is 13.0. The van der Waals surface area contributed by atoms with Gasteiger partial charge in [0.2, 0.25) is 10.0 Å². The highest BCUT2D eigenvalue weighted by Crippen LogP contribution is 2.33. The zero-order chi connectivity index (χ0) is 15.9. The van der Waals surface area contributed by atoms with E-state index in [2.05, 4.69) is 9.62 Å². The number of fused-ring (bicyclic) bond motifs is 1. The maximum atomic E-state index is 12.5. The molecule has 1 aromatic rings. The number of hydrogen-bond donors (Lipinski definition) is 1. The van der Waals surface area contributed by atoms with Gasteiger partial charge in [-0.2, -0.15) is 0 Å². The van der Waals surface area contributed by atoms with Crippen molar-refractivity contribution in [2.75, 3.05) is 32.8 Å². The average Bonchev–Trinajstić information content (AvgIpc) is 3.31. The van der Waals surface area contributed by atoms with Crippen LogP contribution >= 0.6 is 0 Å². The van der Waals surface area contributed by atoms with Crippen molar-refractivity contribution in [1.29, 1.82) is 0 Å². The van der Waals surface area contributed by atoms with E-state index in [9.17, 15) is 8.42 Å². The molecule has 2 fully saturated rings. The van der Waals surface area contributed by atoms with Gasteiger partial charge in [0.15, 0.2) is 11.5 Å². The Morgan fingerprint density at radius 3 is 2.70 bits per heavy atom. The van der Waals surface area contributed by atoms with E-state index in [0.29, 0.717) is 37.2 Å². The van der Waals surface area contributed by atoms with Crippen LogP contribution in [0.4, 0.5) is 0 Å². The van der Waals surface area contributed by atoms with Crippen molar-refractivity contribution in [2.45, 2.75) is 30.2 Å². The van der Waals surface area contributed by atoms with Crippen molar-refractivity contribution >= 4 is 10.0 Å². The molecule has 3 aliphatic rings. The number of rotatable bonds is 5. The predicted molar refractivity (Wildman–Crippen MR) is 85.3 cm³/mol. The minimum absolute atomic E-state index is 0.235. The van der Waals surface area contributed by atoms with Crippen molar-refractivity contribution in [3.05, 3.63) is 18.2 Å². The molecule has 1 N–H and O–H groups in total. The fraction of sp³-hybridized carbons (Fsp3) is 0.625. The Bertz CT molecular complexity index is 687. The standard InChI is InChI=1S/C16H22N2O4S/c19-23(20,14-3-4-15-16(9-14)22-8-7-21-15)17-10-12-5-6-18(11-12)13-1-2-13/h3-4,9,12-13,17H,1-2,5-8,10-11H2/t12-/m1/s1. The van der Waals surface area contributed by atoms with Gasteiger partial charge in [0, 0.05) is 25.2 Å². The molecule has 0 spiro atoms. The van der Waals surface area contributed by atoms with Crippen LogP contribution in [0.3, 0.4) is 0 Å². The first-order valence-electron chi connectivity index (χ1n) is 8.25. The molecule has 0 amide bonds. The van der Waals surface area contributed by atoms with Gasteiger partial charge in [-0.1, -0.05) is 0 Å². The number of nitrogens with zero attached hydrogens (tertiary/aromatic N) is 1. The minimum Gasteiger partial charge on any atom is -0.486 e. The van der Waals surface area contributed by atoms with E-state index >= 15 is 0 Å². The molecule has 1 atom stereocenters. The molecule has 7 heteroatoms. The van der Waals surface area contributed by atoms with Gasteiger partial charge < -0.3 is 14.4 Å². The van der Waals surface area contributed by atoms with Gasteiger partial charge in [-0.25, -0.2) is 13.1 Å². The van der Waals surface area contributed by atoms with Crippen LogP contribution < -0.4 is 14.2 Å². The first kappa shape index (κ1) is 15.2. The Labute approximate surface area is 136 Å². The van der Waals surface area contributed by atoms with E-state index in [4.69, 9.17) is 9.47 Å². The largest absolute Gasteiger partial charge is 0.486 e. The molecule has 0 radical (unpaired) electrons. The molecular weight excluding hydrogens is 316 g/mol. The smallest absolute Gasteiger partial charge is 0.240 e. The number of likely N-dealkylation sites (tertiary alicyclic amines) is 1. The molecular formula is C16H22N2O4S. The lowest BCUT2D eigenvalue weighted by Gasteiger charge is -2.19. The van der Waals surface area contributed by atoms with Crippen LogP contribution in [0, 0.1) is 5.92 Å². The topological polar surface area (TPSA) is 67.9 Å². The molecule has 23 heavy (non-hydrogen) atoms. The molecule has 2 heterocycles. The van der Waals surface area contributed by atoms with Crippen molar-refractivity contribution < 1.29 is 17.9 Å². The van der Waals surface area contributed by atoms with Crippen LogP contribution in [-0.2, 0) is 10.0 Å². The van der Waals surface area contributed by atoms with Gasteiger partial charge in [0.05, 0.1) is 4.90 Å². The lowest BCUT2D eigenvalue weighted by molar-refractivity contribution is 0.171. The molecule has 6 nitrogen and oxygen atoms in total. The third kappa shape index (κ3) is 3.32. The summed E-state index contributed by atoms with van der Waals surface area (Å²) >= 11 is 0. The highest BCUT2D eigenvalue weighted by Gasteiger charge is 2.34. The number of hydrogen-bond acceptors (Lipinski definition) is 5. The summed E-state index contributed by atoms with van der Waals surface area (Å²) in [5.41, 5.74) is 0. The summed E-state index contributed by atoms with van der Waals surface area (Å²) in [6, 6.07) is 5.53. The van der Waals surface area contributed by atoms with Gasteiger partial charge >= 0.3 is 0 Å². The zero-order valence-corrected chi connectivity index (χ0v) is 13.8. The number of benzene rings is 1. The summed E-state index contributed by atoms with van der Waals surface area (Å²) in [5.74, 6) is 1.51. The molecule has 1 saturated carbocycles. The normalized spacial score (nSPS) is 24.8. The molecule has 0 bridgehead atoms. The van der Waals surface area contributed by atoms with Crippen LogP contribution in [0.5, 0.6) is 11.5 Å². The highest BCUT2D eigenvalue weighted by molar-refractivity contribution is 7.89.